The van der Waals surface area contributed by atoms with Gasteiger partial charge in [0.05, 0.1) is 35.0 Å². The van der Waals surface area contributed by atoms with Crippen LogP contribution in [0.4, 0.5) is 17.1 Å². The van der Waals surface area contributed by atoms with E-state index in [0.717, 1.165) is 6.07 Å². The first-order valence-electron chi connectivity index (χ1n) is 6.94. The minimum absolute atomic E-state index is 0. The van der Waals surface area contributed by atoms with E-state index in [1.165, 1.54) is 13.2 Å². The number of carboxylic acids is 1. The molecule has 28 heavy (non-hydrogen) atoms. The van der Waals surface area contributed by atoms with Crippen molar-refractivity contribution in [3.05, 3.63) is 35.4 Å². The summed E-state index contributed by atoms with van der Waals surface area (Å²) in [5.74, 6) is -2.99. The average molecular weight is 425 g/mol. The first-order valence-corrected chi connectivity index (χ1v) is 8.38. The summed E-state index contributed by atoms with van der Waals surface area (Å²) in [5.41, 5.74) is 5.78. The predicted molar refractivity (Wildman–Crippen MR) is 86.4 cm³/mol. The minimum atomic E-state index is -4.96. The predicted octanol–water partition coefficient (Wildman–Crippen LogP) is -5.31. The third-order valence-corrected chi connectivity index (χ3v) is 4.22. The number of anilines is 1. The number of hydrogen-bond donors (Lipinski definition) is 2. The number of azo groups is 1. The van der Waals surface area contributed by atoms with E-state index in [2.05, 4.69) is 10.2 Å². The summed E-state index contributed by atoms with van der Waals surface area (Å²) >= 11 is 0. The number of nitrogens with zero attached hydrogens (tertiary/aromatic N) is 2. The average Bonchev–Trinajstić information content (AvgIpc) is 2.53. The van der Waals surface area contributed by atoms with Crippen LogP contribution in [0.25, 0.3) is 0 Å². The molecular weight excluding hydrogens is 412 g/mol. The molecule has 0 heterocycles. The van der Waals surface area contributed by atoms with Crippen molar-refractivity contribution in [1.29, 1.82) is 0 Å². The Hall–Kier alpha value is -1.18. The van der Waals surface area contributed by atoms with Gasteiger partial charge in [-0.25, -0.2) is 0 Å². The van der Waals surface area contributed by atoms with E-state index in [1.54, 1.807) is 13.0 Å². The van der Waals surface area contributed by atoms with Gasteiger partial charge in [0.2, 0.25) is 0 Å². The van der Waals surface area contributed by atoms with Gasteiger partial charge in [0.25, 0.3) is 10.1 Å². The number of hydrogen-bond acceptors (Lipinski definition) is 9. The SMILES string of the molecule is COc1cc(N=Nc2cc(C(=O)[O-])c([O-])c(S(=O)(=O)O)c2)c(C)cc1N.[Na+].[Na+]. The molecule has 0 saturated heterocycles. The van der Waals surface area contributed by atoms with Gasteiger partial charge in [-0.15, -0.1) is 0 Å². The second kappa shape index (κ2) is 10.6. The van der Waals surface area contributed by atoms with Crippen molar-refractivity contribution < 1.29 is 91.8 Å². The first-order chi connectivity index (χ1) is 12.0. The number of methoxy groups -OCH3 is 1. The van der Waals surface area contributed by atoms with Crippen LogP contribution in [0.15, 0.2) is 39.4 Å². The molecule has 0 bridgehead atoms. The molecule has 13 heteroatoms. The summed E-state index contributed by atoms with van der Waals surface area (Å²) in [6, 6.07) is 4.54. The fourth-order valence-electron chi connectivity index (χ4n) is 2.08. The molecule has 0 aromatic heterocycles. The van der Waals surface area contributed by atoms with Gasteiger partial charge in [0.1, 0.15) is 5.75 Å². The molecule has 0 aliphatic rings. The topological polar surface area (TPSA) is 178 Å². The van der Waals surface area contributed by atoms with E-state index in [1.807, 2.05) is 0 Å². The zero-order valence-corrected chi connectivity index (χ0v) is 20.4. The minimum Gasteiger partial charge on any atom is -0.871 e. The molecule has 2 aromatic rings. The normalized spacial score (nSPS) is 10.8. The Morgan fingerprint density at radius 3 is 2.29 bits per heavy atom. The second-order valence-corrected chi connectivity index (χ2v) is 6.55. The second-order valence-electron chi connectivity index (χ2n) is 5.16. The third-order valence-electron chi connectivity index (χ3n) is 3.36. The van der Waals surface area contributed by atoms with Gasteiger partial charge in [-0.05, 0) is 36.2 Å². The van der Waals surface area contributed by atoms with Crippen LogP contribution in [-0.4, -0.2) is 26.0 Å². The molecule has 0 amide bonds. The molecule has 0 aliphatic carbocycles. The van der Waals surface area contributed by atoms with Crippen LogP contribution in [0.3, 0.4) is 0 Å². The summed E-state index contributed by atoms with van der Waals surface area (Å²) in [5, 5.41) is 30.4. The zero-order chi connectivity index (χ0) is 19.6. The fraction of sp³-hybridized carbons (Fsp3) is 0.133. The maximum absolute atomic E-state index is 11.8. The molecule has 2 aromatic carbocycles. The van der Waals surface area contributed by atoms with Crippen LogP contribution < -0.4 is 79.8 Å². The van der Waals surface area contributed by atoms with Crippen LogP contribution in [0, 0.1) is 6.92 Å². The molecule has 0 unspecified atom stereocenters. The van der Waals surface area contributed by atoms with Gasteiger partial charge in [-0.1, -0.05) is 5.75 Å². The number of nitrogens with two attached hydrogens (primary N) is 1. The number of ether oxygens (including phenoxy) is 1. The quantitative estimate of drug-likeness (QED) is 0.206. The Morgan fingerprint density at radius 1 is 1.18 bits per heavy atom. The standard InChI is InChI=1S/C15H15N3O7S.2Na/c1-7-3-10(16)12(25-2)6-11(7)18-17-8-4-9(15(20)21)14(19)13(5-8)26(22,23)24;;/h3-6,19H,16H2,1-2H3,(H,20,21)(H,22,23,24);;/q;2*+1/p-2. The molecule has 2 rings (SSSR count). The van der Waals surface area contributed by atoms with E-state index in [9.17, 15) is 23.4 Å². The third kappa shape index (κ3) is 6.16. The van der Waals surface area contributed by atoms with Gasteiger partial charge in [-0.2, -0.15) is 18.6 Å². The molecule has 0 spiro atoms. The van der Waals surface area contributed by atoms with Crippen LogP contribution in [0.1, 0.15) is 15.9 Å². The number of aromatic carboxylic acids is 1. The van der Waals surface area contributed by atoms with Crippen LogP contribution in [0.5, 0.6) is 11.5 Å². The first kappa shape index (κ1) is 26.8. The van der Waals surface area contributed by atoms with Crippen molar-refractivity contribution in [2.45, 2.75) is 11.8 Å². The number of rotatable bonds is 5. The number of benzene rings is 2. The van der Waals surface area contributed by atoms with Gasteiger partial charge < -0.3 is 25.5 Å². The fourth-order valence-corrected chi connectivity index (χ4v) is 2.70. The molecule has 0 atom stereocenters. The van der Waals surface area contributed by atoms with Crippen molar-refractivity contribution in [1.82, 2.24) is 0 Å². The summed E-state index contributed by atoms with van der Waals surface area (Å²) < 4.78 is 36.7. The van der Waals surface area contributed by atoms with E-state index < -0.39 is 32.3 Å². The molecule has 0 aliphatic heterocycles. The van der Waals surface area contributed by atoms with E-state index in [4.69, 9.17) is 15.0 Å². The molecular formula is C15H13N3Na2O7S. The van der Waals surface area contributed by atoms with E-state index in [-0.39, 0.29) is 64.8 Å². The van der Waals surface area contributed by atoms with E-state index >= 15 is 0 Å². The van der Waals surface area contributed by atoms with Crippen molar-refractivity contribution in [3.63, 3.8) is 0 Å². The monoisotopic (exact) mass is 425 g/mol. The Kier molecular flexibility index (Phi) is 10.1. The van der Waals surface area contributed by atoms with Gasteiger partial charge in [0.15, 0.2) is 0 Å². The van der Waals surface area contributed by atoms with Crippen molar-refractivity contribution in [2.24, 2.45) is 10.2 Å². The Bertz CT molecular complexity index is 1030. The number of carbonyl (C=O) groups is 1. The molecule has 0 saturated carbocycles. The number of carboxylic acid groups (broad SMARTS) is 1. The van der Waals surface area contributed by atoms with Gasteiger partial charge in [0, 0.05) is 6.07 Å². The summed E-state index contributed by atoms with van der Waals surface area (Å²) in [6.45, 7) is 1.68. The summed E-state index contributed by atoms with van der Waals surface area (Å²) in [7, 11) is -3.56. The molecule has 138 valence electrons. The summed E-state index contributed by atoms with van der Waals surface area (Å²) in [6.07, 6.45) is 0. The van der Waals surface area contributed by atoms with Crippen LogP contribution >= 0.6 is 0 Å². The summed E-state index contributed by atoms with van der Waals surface area (Å²) in [4.78, 5) is 9.87. The molecule has 0 radical (unpaired) electrons. The Labute approximate surface area is 205 Å². The molecule has 0 fully saturated rings. The number of aryl methyl sites for hydroxylation is 1. The van der Waals surface area contributed by atoms with Crippen LogP contribution in [0.2, 0.25) is 0 Å². The molecule has 3 N–H and O–H groups in total. The van der Waals surface area contributed by atoms with E-state index in [0.29, 0.717) is 28.8 Å². The van der Waals surface area contributed by atoms with Crippen molar-refractivity contribution in [2.75, 3.05) is 12.8 Å². The van der Waals surface area contributed by atoms with Crippen molar-refractivity contribution >= 4 is 33.1 Å². The zero-order valence-electron chi connectivity index (χ0n) is 15.6. The maximum atomic E-state index is 11.8. The smallest absolute Gasteiger partial charge is 0.871 e. The number of nitrogen functional groups attached to an aromatic ring is 1. The Morgan fingerprint density at radius 2 is 1.79 bits per heavy atom. The Balaban J connectivity index is 0.00000364. The van der Waals surface area contributed by atoms with Gasteiger partial charge in [-0.3, -0.25) is 4.55 Å². The molecule has 10 nitrogen and oxygen atoms in total. The van der Waals surface area contributed by atoms with Crippen LogP contribution in [-0.2, 0) is 10.1 Å². The van der Waals surface area contributed by atoms with Crippen molar-refractivity contribution in [3.8, 4) is 11.5 Å². The number of carbonyl (C=O) groups excluding carboxylic acids is 1. The largest absolute Gasteiger partial charge is 1.00 e. The van der Waals surface area contributed by atoms with Gasteiger partial charge >= 0.3 is 59.1 Å². The maximum Gasteiger partial charge on any atom is 1.00 e.